The van der Waals surface area contributed by atoms with Crippen molar-refractivity contribution >= 4 is 0 Å². The van der Waals surface area contributed by atoms with Crippen molar-refractivity contribution in [2.45, 2.75) is 51.8 Å². The quantitative estimate of drug-likeness (QED) is 0.681. The molecule has 0 bridgehead atoms. The summed E-state index contributed by atoms with van der Waals surface area (Å²) in [6.07, 6.45) is 0.837. The Morgan fingerprint density at radius 3 is 2.33 bits per heavy atom. The summed E-state index contributed by atoms with van der Waals surface area (Å²) in [6.45, 7) is 10.2. The van der Waals surface area contributed by atoms with E-state index in [-0.39, 0.29) is 0 Å². The number of hydrogen-bond donors (Lipinski definition) is 0. The molecule has 110 valence electrons. The molecule has 0 unspecified atom stereocenters. The molecule has 1 aliphatic rings. The highest BCUT2D eigenvalue weighted by Crippen LogP contribution is 2.49. The van der Waals surface area contributed by atoms with Crippen molar-refractivity contribution in [3.05, 3.63) is 53.2 Å². The standard InChI is InChI=1S/C20H26N/c1-14-9-7-8-10-15(14)18-11-16-17(12-21(18)6)20(4,5)13-19(16,2)3/h7-12H,13H2,1-6H3/q+1/i13D2. The summed E-state index contributed by atoms with van der Waals surface area (Å²) in [5.41, 5.74) is 4.81. The van der Waals surface area contributed by atoms with Gasteiger partial charge in [0.1, 0.15) is 7.05 Å². The fraction of sp³-hybridized carbons (Fsp3) is 0.450. The van der Waals surface area contributed by atoms with Crippen molar-refractivity contribution in [1.29, 1.82) is 0 Å². The van der Waals surface area contributed by atoms with Crippen LogP contribution in [0.2, 0.25) is 0 Å². The molecular weight excluding hydrogens is 254 g/mol. The zero-order chi connectivity index (χ0) is 17.2. The molecule has 21 heavy (non-hydrogen) atoms. The maximum absolute atomic E-state index is 8.72. The number of rotatable bonds is 1. The van der Waals surface area contributed by atoms with Gasteiger partial charge in [-0.05, 0) is 41.3 Å². The normalized spacial score (nSPS) is 22.4. The fourth-order valence-electron chi connectivity index (χ4n) is 3.71. The van der Waals surface area contributed by atoms with Gasteiger partial charge < -0.3 is 0 Å². The number of aromatic nitrogens is 1. The summed E-state index contributed by atoms with van der Waals surface area (Å²) in [4.78, 5) is 0. The van der Waals surface area contributed by atoms with Gasteiger partial charge in [0.15, 0.2) is 6.20 Å². The highest BCUT2D eigenvalue weighted by atomic mass is 14.9. The van der Waals surface area contributed by atoms with E-state index < -0.39 is 17.2 Å². The largest absolute Gasteiger partial charge is 0.212 e. The number of nitrogens with zero attached hydrogens (tertiary/aromatic N) is 1. The van der Waals surface area contributed by atoms with Gasteiger partial charge in [0.25, 0.3) is 0 Å². The molecule has 1 heteroatoms. The van der Waals surface area contributed by atoms with Crippen LogP contribution in [0.15, 0.2) is 36.5 Å². The molecule has 1 aromatic heterocycles. The molecule has 1 heterocycles. The van der Waals surface area contributed by atoms with Crippen molar-refractivity contribution in [3.8, 4) is 11.3 Å². The van der Waals surface area contributed by atoms with Crippen LogP contribution in [0.1, 0.15) is 53.5 Å². The third-order valence-electron chi connectivity index (χ3n) is 4.67. The second kappa shape index (κ2) is 4.43. The Hall–Kier alpha value is -1.63. The third-order valence-corrected chi connectivity index (χ3v) is 4.67. The van der Waals surface area contributed by atoms with Crippen molar-refractivity contribution in [3.63, 3.8) is 0 Å². The lowest BCUT2D eigenvalue weighted by atomic mass is 9.82. The summed E-state index contributed by atoms with van der Waals surface area (Å²) in [6, 6.07) is 10.6. The number of aryl methyl sites for hydroxylation is 2. The Morgan fingerprint density at radius 1 is 1.05 bits per heavy atom. The number of pyridine rings is 1. The first-order valence-electron chi connectivity index (χ1n) is 8.62. The second-order valence-electron chi connectivity index (χ2n) is 7.29. The van der Waals surface area contributed by atoms with Gasteiger partial charge in [0, 0.05) is 19.9 Å². The summed E-state index contributed by atoms with van der Waals surface area (Å²) in [7, 11) is 2.05. The highest BCUT2D eigenvalue weighted by molar-refractivity contribution is 5.63. The van der Waals surface area contributed by atoms with E-state index in [1.54, 1.807) is 0 Å². The van der Waals surface area contributed by atoms with Crippen LogP contribution in [0.4, 0.5) is 0 Å². The lowest BCUT2D eigenvalue weighted by Gasteiger charge is -2.22. The molecule has 3 rings (SSSR count). The molecule has 1 aliphatic carbocycles. The molecule has 1 nitrogen and oxygen atoms in total. The summed E-state index contributed by atoms with van der Waals surface area (Å²) >= 11 is 0. The summed E-state index contributed by atoms with van der Waals surface area (Å²) in [5, 5.41) is 0. The monoisotopic (exact) mass is 282 g/mol. The van der Waals surface area contributed by atoms with E-state index in [4.69, 9.17) is 2.74 Å². The molecule has 0 spiro atoms. The lowest BCUT2D eigenvalue weighted by Crippen LogP contribution is -2.33. The average molecular weight is 282 g/mol. The van der Waals surface area contributed by atoms with E-state index in [0.29, 0.717) is 0 Å². The minimum atomic E-state index is -1.29. The van der Waals surface area contributed by atoms with Crippen LogP contribution in [-0.4, -0.2) is 0 Å². The van der Waals surface area contributed by atoms with Crippen LogP contribution in [-0.2, 0) is 17.9 Å². The second-order valence-corrected chi connectivity index (χ2v) is 7.29. The maximum Gasteiger partial charge on any atom is 0.212 e. The van der Waals surface area contributed by atoms with E-state index in [1.165, 1.54) is 11.1 Å². The van der Waals surface area contributed by atoms with Gasteiger partial charge in [-0.1, -0.05) is 45.9 Å². The first kappa shape index (κ1) is 12.0. The van der Waals surface area contributed by atoms with Crippen LogP contribution in [0.25, 0.3) is 11.3 Å². The van der Waals surface area contributed by atoms with E-state index in [2.05, 4.69) is 55.1 Å². The van der Waals surface area contributed by atoms with Gasteiger partial charge in [0.2, 0.25) is 5.69 Å². The average Bonchev–Trinajstić information content (AvgIpc) is 2.56. The Balaban J connectivity index is 2.32. The molecule has 0 atom stereocenters. The van der Waals surface area contributed by atoms with Crippen LogP contribution in [0.5, 0.6) is 0 Å². The SMILES string of the molecule is [2H]C1([2H])C(C)(C)c2cc(-c3ccccc3C)[n+](C)cc2C1(C)C. The smallest absolute Gasteiger partial charge is 0.201 e. The summed E-state index contributed by atoms with van der Waals surface area (Å²) in [5.74, 6) is 0. The molecule has 0 aliphatic heterocycles. The molecular formula is C20H26N+. The Kier molecular flexibility index (Phi) is 2.52. The maximum atomic E-state index is 8.72. The number of benzene rings is 1. The molecule has 2 aromatic rings. The Labute approximate surface area is 131 Å². The van der Waals surface area contributed by atoms with Crippen molar-refractivity contribution in [2.24, 2.45) is 7.05 Å². The molecule has 0 saturated heterocycles. The first-order valence-corrected chi connectivity index (χ1v) is 7.62. The lowest BCUT2D eigenvalue weighted by molar-refractivity contribution is -0.661. The van der Waals surface area contributed by atoms with Gasteiger partial charge in [-0.25, -0.2) is 4.57 Å². The minimum absolute atomic E-state index is 0.506. The van der Waals surface area contributed by atoms with Gasteiger partial charge in [-0.3, -0.25) is 0 Å². The van der Waals surface area contributed by atoms with Crippen molar-refractivity contribution in [1.82, 2.24) is 0 Å². The van der Waals surface area contributed by atoms with Crippen LogP contribution in [0, 0.1) is 6.92 Å². The Bertz CT molecular complexity index is 788. The van der Waals surface area contributed by atoms with Gasteiger partial charge in [-0.15, -0.1) is 0 Å². The van der Waals surface area contributed by atoms with Crippen LogP contribution < -0.4 is 4.57 Å². The topological polar surface area (TPSA) is 3.88 Å². The molecule has 1 aromatic carbocycles. The molecule has 0 radical (unpaired) electrons. The fourth-order valence-corrected chi connectivity index (χ4v) is 3.71. The molecule has 0 N–H and O–H groups in total. The molecule has 0 fully saturated rings. The van der Waals surface area contributed by atoms with E-state index in [0.717, 1.165) is 16.8 Å². The zero-order valence-corrected chi connectivity index (χ0v) is 13.9. The molecule has 0 saturated carbocycles. The van der Waals surface area contributed by atoms with Gasteiger partial charge in [0.05, 0.1) is 0 Å². The zero-order valence-electron chi connectivity index (χ0n) is 15.9. The minimum Gasteiger partial charge on any atom is -0.201 e. The van der Waals surface area contributed by atoms with E-state index in [9.17, 15) is 0 Å². The Morgan fingerprint density at radius 2 is 1.67 bits per heavy atom. The first-order chi connectivity index (χ1) is 10.5. The molecule has 0 amide bonds. The van der Waals surface area contributed by atoms with E-state index in [1.807, 2.05) is 27.7 Å². The van der Waals surface area contributed by atoms with Gasteiger partial charge in [-0.2, -0.15) is 0 Å². The predicted molar refractivity (Wildman–Crippen MR) is 88.5 cm³/mol. The summed E-state index contributed by atoms with van der Waals surface area (Å²) < 4.78 is 19.6. The van der Waals surface area contributed by atoms with Gasteiger partial charge >= 0.3 is 0 Å². The van der Waals surface area contributed by atoms with Crippen LogP contribution >= 0.6 is 0 Å². The van der Waals surface area contributed by atoms with E-state index >= 15 is 0 Å². The van der Waals surface area contributed by atoms with Crippen molar-refractivity contribution < 1.29 is 7.31 Å². The number of fused-ring (bicyclic) bond motifs is 1. The van der Waals surface area contributed by atoms with Crippen molar-refractivity contribution in [2.75, 3.05) is 0 Å². The highest BCUT2D eigenvalue weighted by Gasteiger charge is 2.44. The predicted octanol–water partition coefficient (Wildman–Crippen LogP) is 4.45. The number of hydrogen-bond acceptors (Lipinski definition) is 0. The third kappa shape index (κ3) is 2.19. The van der Waals surface area contributed by atoms with Crippen LogP contribution in [0.3, 0.4) is 0 Å².